The SMILES string of the molecule is CC[C@@H](C)Nc1nc(C)cc(N2Cc3ccccc3C[C@H]2C)n1. The number of nitrogens with one attached hydrogen (secondary N) is 1. The molecule has 4 heteroatoms. The Morgan fingerprint density at radius 1 is 1.26 bits per heavy atom. The number of hydrogen-bond acceptors (Lipinski definition) is 4. The zero-order valence-corrected chi connectivity index (χ0v) is 14.5. The standard InChI is InChI=1S/C19H26N4/c1-5-13(2)20-19-21-14(3)10-18(22-19)23-12-17-9-7-6-8-16(17)11-15(23)4/h6-10,13,15H,5,11-12H2,1-4H3,(H,20,21,22)/t13-,15-/m1/s1. The molecule has 0 unspecified atom stereocenters. The summed E-state index contributed by atoms with van der Waals surface area (Å²) in [6, 6.07) is 11.6. The second-order valence-electron chi connectivity index (χ2n) is 6.59. The molecule has 2 atom stereocenters. The van der Waals surface area contributed by atoms with Gasteiger partial charge in [-0.25, -0.2) is 4.98 Å². The molecule has 0 saturated heterocycles. The summed E-state index contributed by atoms with van der Waals surface area (Å²) in [7, 11) is 0. The lowest BCUT2D eigenvalue weighted by molar-refractivity contribution is 0.586. The van der Waals surface area contributed by atoms with Crippen LogP contribution in [0.4, 0.5) is 11.8 Å². The highest BCUT2D eigenvalue weighted by molar-refractivity contribution is 5.49. The van der Waals surface area contributed by atoms with Crippen molar-refractivity contribution in [3.63, 3.8) is 0 Å². The highest BCUT2D eigenvalue weighted by Crippen LogP contribution is 2.28. The second kappa shape index (κ2) is 6.57. The predicted octanol–water partition coefficient (Wildman–Crippen LogP) is 3.95. The van der Waals surface area contributed by atoms with Gasteiger partial charge in [-0.1, -0.05) is 31.2 Å². The van der Waals surface area contributed by atoms with Crippen molar-refractivity contribution in [2.24, 2.45) is 0 Å². The van der Waals surface area contributed by atoms with Crippen LogP contribution < -0.4 is 10.2 Å². The summed E-state index contributed by atoms with van der Waals surface area (Å²) >= 11 is 0. The molecular weight excluding hydrogens is 284 g/mol. The molecule has 4 nitrogen and oxygen atoms in total. The van der Waals surface area contributed by atoms with Gasteiger partial charge in [-0.05, 0) is 44.7 Å². The third kappa shape index (κ3) is 3.46. The summed E-state index contributed by atoms with van der Waals surface area (Å²) in [5.41, 5.74) is 3.87. The molecule has 0 saturated carbocycles. The van der Waals surface area contributed by atoms with Crippen molar-refractivity contribution in [2.75, 3.05) is 10.2 Å². The Bertz CT molecular complexity index is 683. The molecule has 122 valence electrons. The maximum Gasteiger partial charge on any atom is 0.225 e. The van der Waals surface area contributed by atoms with Gasteiger partial charge >= 0.3 is 0 Å². The second-order valence-corrected chi connectivity index (χ2v) is 6.59. The molecule has 3 rings (SSSR count). The molecule has 1 aliphatic rings. The maximum atomic E-state index is 4.77. The van der Waals surface area contributed by atoms with Crippen molar-refractivity contribution >= 4 is 11.8 Å². The Hall–Kier alpha value is -2.10. The van der Waals surface area contributed by atoms with Gasteiger partial charge in [0.1, 0.15) is 5.82 Å². The summed E-state index contributed by atoms with van der Waals surface area (Å²) in [6.07, 6.45) is 2.12. The zero-order valence-electron chi connectivity index (χ0n) is 14.5. The van der Waals surface area contributed by atoms with Crippen LogP contribution in [0.3, 0.4) is 0 Å². The minimum Gasteiger partial charge on any atom is -0.352 e. The Morgan fingerprint density at radius 2 is 2.00 bits per heavy atom. The Balaban J connectivity index is 1.89. The van der Waals surface area contributed by atoms with Gasteiger partial charge in [0.25, 0.3) is 0 Å². The van der Waals surface area contributed by atoms with Crippen molar-refractivity contribution in [3.8, 4) is 0 Å². The van der Waals surface area contributed by atoms with Gasteiger partial charge in [0.2, 0.25) is 5.95 Å². The molecule has 2 aromatic rings. The first kappa shape index (κ1) is 15.8. The fraction of sp³-hybridized carbons (Fsp3) is 0.474. The summed E-state index contributed by atoms with van der Waals surface area (Å²) in [5, 5.41) is 3.40. The van der Waals surface area contributed by atoms with E-state index in [1.54, 1.807) is 0 Å². The number of aryl methyl sites for hydroxylation is 1. The van der Waals surface area contributed by atoms with E-state index >= 15 is 0 Å². The lowest BCUT2D eigenvalue weighted by Crippen LogP contribution is -2.39. The summed E-state index contributed by atoms with van der Waals surface area (Å²) in [5.74, 6) is 1.76. The van der Waals surface area contributed by atoms with Gasteiger partial charge in [0.05, 0.1) is 0 Å². The zero-order chi connectivity index (χ0) is 16.4. The highest BCUT2D eigenvalue weighted by Gasteiger charge is 2.24. The normalized spacial score (nSPS) is 18.4. The molecule has 0 radical (unpaired) electrons. The van der Waals surface area contributed by atoms with E-state index in [1.165, 1.54) is 11.1 Å². The van der Waals surface area contributed by atoms with Crippen LogP contribution in [0.25, 0.3) is 0 Å². The minimum absolute atomic E-state index is 0.379. The van der Waals surface area contributed by atoms with Crippen LogP contribution in [0.1, 0.15) is 44.0 Å². The van der Waals surface area contributed by atoms with Crippen LogP contribution >= 0.6 is 0 Å². The van der Waals surface area contributed by atoms with Crippen molar-refractivity contribution < 1.29 is 0 Å². The van der Waals surface area contributed by atoms with Crippen LogP contribution in [0.15, 0.2) is 30.3 Å². The number of rotatable bonds is 4. The molecule has 1 aliphatic heterocycles. The van der Waals surface area contributed by atoms with Gasteiger partial charge < -0.3 is 10.2 Å². The number of nitrogens with zero attached hydrogens (tertiary/aromatic N) is 3. The summed E-state index contributed by atoms with van der Waals surface area (Å²) < 4.78 is 0. The summed E-state index contributed by atoms with van der Waals surface area (Å²) in [6.45, 7) is 9.55. The van der Waals surface area contributed by atoms with Crippen molar-refractivity contribution in [1.29, 1.82) is 0 Å². The van der Waals surface area contributed by atoms with Crippen molar-refractivity contribution in [2.45, 2.75) is 59.2 Å². The fourth-order valence-corrected chi connectivity index (χ4v) is 3.07. The van der Waals surface area contributed by atoms with Gasteiger partial charge in [-0.15, -0.1) is 0 Å². The van der Waals surface area contributed by atoms with E-state index in [-0.39, 0.29) is 0 Å². The maximum absolute atomic E-state index is 4.77. The molecule has 2 heterocycles. The average molecular weight is 310 g/mol. The van der Waals surface area contributed by atoms with E-state index in [2.05, 4.69) is 66.3 Å². The average Bonchev–Trinajstić information content (AvgIpc) is 2.53. The number of anilines is 2. The Labute approximate surface area is 139 Å². The molecule has 0 spiro atoms. The topological polar surface area (TPSA) is 41.1 Å². The van der Waals surface area contributed by atoms with E-state index in [4.69, 9.17) is 4.98 Å². The van der Waals surface area contributed by atoms with E-state index in [0.29, 0.717) is 12.1 Å². The Kier molecular flexibility index (Phi) is 4.51. The van der Waals surface area contributed by atoms with Crippen LogP contribution in [0, 0.1) is 6.92 Å². The number of aromatic nitrogens is 2. The largest absolute Gasteiger partial charge is 0.352 e. The molecule has 0 amide bonds. The van der Waals surface area contributed by atoms with Gasteiger partial charge in [-0.3, -0.25) is 0 Å². The molecular formula is C19H26N4. The highest BCUT2D eigenvalue weighted by atomic mass is 15.2. The third-order valence-electron chi connectivity index (χ3n) is 4.63. The van der Waals surface area contributed by atoms with Crippen LogP contribution in [0.2, 0.25) is 0 Å². The van der Waals surface area contributed by atoms with E-state index in [1.807, 2.05) is 6.92 Å². The van der Waals surface area contributed by atoms with Crippen LogP contribution in [-0.2, 0) is 13.0 Å². The molecule has 0 fully saturated rings. The van der Waals surface area contributed by atoms with E-state index in [0.717, 1.165) is 36.8 Å². The summed E-state index contributed by atoms with van der Waals surface area (Å²) in [4.78, 5) is 11.7. The lowest BCUT2D eigenvalue weighted by Gasteiger charge is -2.36. The quantitative estimate of drug-likeness (QED) is 0.928. The predicted molar refractivity (Wildman–Crippen MR) is 95.9 cm³/mol. The number of fused-ring (bicyclic) bond motifs is 1. The first-order chi connectivity index (χ1) is 11.1. The van der Waals surface area contributed by atoms with Gasteiger partial charge in [0.15, 0.2) is 0 Å². The van der Waals surface area contributed by atoms with Gasteiger partial charge in [0, 0.05) is 30.4 Å². The molecule has 1 aromatic carbocycles. The fourth-order valence-electron chi connectivity index (χ4n) is 3.07. The molecule has 1 aromatic heterocycles. The monoisotopic (exact) mass is 310 g/mol. The lowest BCUT2D eigenvalue weighted by atomic mass is 9.95. The first-order valence-corrected chi connectivity index (χ1v) is 8.52. The molecule has 0 bridgehead atoms. The first-order valence-electron chi connectivity index (χ1n) is 8.52. The van der Waals surface area contributed by atoms with Crippen molar-refractivity contribution in [1.82, 2.24) is 9.97 Å². The van der Waals surface area contributed by atoms with E-state index in [9.17, 15) is 0 Å². The molecule has 23 heavy (non-hydrogen) atoms. The molecule has 0 aliphatic carbocycles. The Morgan fingerprint density at radius 3 is 2.74 bits per heavy atom. The minimum atomic E-state index is 0.379. The molecule has 1 N–H and O–H groups in total. The van der Waals surface area contributed by atoms with Gasteiger partial charge in [-0.2, -0.15) is 4.98 Å². The number of hydrogen-bond donors (Lipinski definition) is 1. The van der Waals surface area contributed by atoms with Crippen LogP contribution in [-0.4, -0.2) is 22.1 Å². The smallest absolute Gasteiger partial charge is 0.225 e. The third-order valence-corrected chi connectivity index (χ3v) is 4.63. The van der Waals surface area contributed by atoms with Crippen LogP contribution in [0.5, 0.6) is 0 Å². The van der Waals surface area contributed by atoms with E-state index < -0.39 is 0 Å². The van der Waals surface area contributed by atoms with Crippen molar-refractivity contribution in [3.05, 3.63) is 47.2 Å². The number of benzene rings is 1.